The van der Waals surface area contributed by atoms with Crippen LogP contribution in [-0.2, 0) is 11.2 Å². The Hall–Kier alpha value is -1.84. The molecule has 1 heterocycles. The quantitative estimate of drug-likeness (QED) is 0.868. The number of nitrogens with zero attached hydrogens (tertiary/aromatic N) is 1. The number of carbonyl (C=O) groups is 2. The fourth-order valence-electron chi connectivity index (χ4n) is 5.38. The molecule has 1 unspecified atom stereocenters. The third kappa shape index (κ3) is 3.51. The minimum Gasteiger partial charge on any atom is -0.351 e. The molecule has 1 aromatic carbocycles. The average molecular weight is 369 g/mol. The minimum absolute atomic E-state index is 0.0443. The molecule has 2 saturated carbocycles. The number of benzene rings is 1. The lowest BCUT2D eigenvalue weighted by atomic mass is 9.79. The van der Waals surface area contributed by atoms with Crippen molar-refractivity contribution in [2.24, 2.45) is 0 Å². The van der Waals surface area contributed by atoms with Gasteiger partial charge < -0.3 is 10.2 Å². The normalized spacial score (nSPS) is 27.3. The summed E-state index contributed by atoms with van der Waals surface area (Å²) in [5.74, 6) is 0.0906. The highest BCUT2D eigenvalue weighted by Gasteiger charge is 2.49. The van der Waals surface area contributed by atoms with E-state index in [9.17, 15) is 9.59 Å². The summed E-state index contributed by atoms with van der Waals surface area (Å²) >= 11 is 0. The molecule has 0 spiro atoms. The summed E-state index contributed by atoms with van der Waals surface area (Å²) in [4.78, 5) is 28.9. The summed E-state index contributed by atoms with van der Waals surface area (Å²) in [6.07, 6.45) is 12.0. The van der Waals surface area contributed by atoms with Gasteiger partial charge in [-0.2, -0.15) is 0 Å². The van der Waals surface area contributed by atoms with Crippen LogP contribution in [0.4, 0.5) is 0 Å². The maximum absolute atomic E-state index is 13.5. The van der Waals surface area contributed by atoms with E-state index in [1.165, 1.54) is 25.7 Å². The van der Waals surface area contributed by atoms with E-state index in [2.05, 4.69) is 5.32 Å². The molecule has 2 fully saturated rings. The van der Waals surface area contributed by atoms with E-state index in [0.717, 1.165) is 49.7 Å². The molecule has 4 rings (SSSR count). The average Bonchev–Trinajstić information content (AvgIpc) is 2.69. The predicted molar refractivity (Wildman–Crippen MR) is 107 cm³/mol. The van der Waals surface area contributed by atoms with Crippen molar-refractivity contribution in [2.45, 2.75) is 95.2 Å². The Labute approximate surface area is 162 Å². The number of rotatable bonds is 3. The highest BCUT2D eigenvalue weighted by Crippen LogP contribution is 2.37. The fraction of sp³-hybridized carbons (Fsp3) is 0.652. The second-order valence-electron chi connectivity index (χ2n) is 8.88. The topological polar surface area (TPSA) is 49.4 Å². The molecule has 1 aromatic rings. The molecule has 2 amide bonds. The van der Waals surface area contributed by atoms with Gasteiger partial charge in [-0.15, -0.1) is 0 Å². The van der Waals surface area contributed by atoms with Gasteiger partial charge in [0, 0.05) is 24.1 Å². The molecule has 0 radical (unpaired) electrons. The standard InChI is InChI=1S/C23H32N2O2/c1-23(22(27)24-18-11-4-2-5-12-18)16-17-10-8-9-15-20(17)21(26)25(23)19-13-6-3-7-14-19/h8-10,15,18-19H,2-7,11-14,16H2,1H3,(H,24,27). The van der Waals surface area contributed by atoms with Gasteiger partial charge >= 0.3 is 0 Å². The van der Waals surface area contributed by atoms with Gasteiger partial charge in [0.05, 0.1) is 0 Å². The highest BCUT2D eigenvalue weighted by atomic mass is 16.2. The first-order chi connectivity index (χ1) is 13.1. The maximum atomic E-state index is 13.5. The fourth-order valence-corrected chi connectivity index (χ4v) is 5.38. The molecule has 4 heteroatoms. The molecule has 4 nitrogen and oxygen atoms in total. The van der Waals surface area contributed by atoms with E-state index in [-0.39, 0.29) is 23.9 Å². The number of nitrogens with one attached hydrogen (secondary N) is 1. The van der Waals surface area contributed by atoms with Gasteiger partial charge in [-0.05, 0) is 44.2 Å². The van der Waals surface area contributed by atoms with Gasteiger partial charge in [-0.1, -0.05) is 56.7 Å². The van der Waals surface area contributed by atoms with Crippen LogP contribution in [0.3, 0.4) is 0 Å². The zero-order valence-electron chi connectivity index (χ0n) is 16.5. The van der Waals surface area contributed by atoms with Crippen molar-refractivity contribution in [1.29, 1.82) is 0 Å². The summed E-state index contributed by atoms with van der Waals surface area (Å²) in [5, 5.41) is 3.32. The van der Waals surface area contributed by atoms with Crippen LogP contribution >= 0.6 is 0 Å². The Morgan fingerprint density at radius 3 is 2.33 bits per heavy atom. The second kappa shape index (κ2) is 7.65. The molecule has 0 aromatic heterocycles. The van der Waals surface area contributed by atoms with Crippen LogP contribution in [0, 0.1) is 0 Å². The number of amides is 2. The smallest absolute Gasteiger partial charge is 0.255 e. The molecular formula is C23H32N2O2. The summed E-state index contributed by atoms with van der Waals surface area (Å²) in [5.41, 5.74) is 1.01. The summed E-state index contributed by atoms with van der Waals surface area (Å²) < 4.78 is 0. The monoisotopic (exact) mass is 368 g/mol. The van der Waals surface area contributed by atoms with Crippen molar-refractivity contribution in [2.75, 3.05) is 0 Å². The van der Waals surface area contributed by atoms with E-state index in [1.807, 2.05) is 36.1 Å². The Balaban J connectivity index is 1.65. The van der Waals surface area contributed by atoms with Crippen LogP contribution in [0.5, 0.6) is 0 Å². The van der Waals surface area contributed by atoms with Crippen LogP contribution < -0.4 is 5.32 Å². The lowest BCUT2D eigenvalue weighted by Gasteiger charge is -2.49. The van der Waals surface area contributed by atoms with Crippen molar-refractivity contribution in [1.82, 2.24) is 10.2 Å². The minimum atomic E-state index is -0.787. The van der Waals surface area contributed by atoms with E-state index >= 15 is 0 Å². The van der Waals surface area contributed by atoms with Gasteiger partial charge in [0.1, 0.15) is 5.54 Å². The maximum Gasteiger partial charge on any atom is 0.255 e. The van der Waals surface area contributed by atoms with Crippen LogP contribution in [-0.4, -0.2) is 34.3 Å². The molecule has 1 aliphatic heterocycles. The van der Waals surface area contributed by atoms with Crippen LogP contribution in [0.25, 0.3) is 0 Å². The number of fused-ring (bicyclic) bond motifs is 1. The van der Waals surface area contributed by atoms with Gasteiger partial charge in [0.15, 0.2) is 0 Å². The Morgan fingerprint density at radius 1 is 1.00 bits per heavy atom. The molecule has 2 aliphatic carbocycles. The van der Waals surface area contributed by atoms with Gasteiger partial charge in [-0.25, -0.2) is 0 Å². The third-order valence-corrected chi connectivity index (χ3v) is 6.90. The van der Waals surface area contributed by atoms with Crippen molar-refractivity contribution < 1.29 is 9.59 Å². The largest absolute Gasteiger partial charge is 0.351 e. The summed E-state index contributed by atoms with van der Waals surface area (Å²) in [6.45, 7) is 1.99. The lowest BCUT2D eigenvalue weighted by Crippen LogP contribution is -2.66. The Bertz CT molecular complexity index is 704. The highest BCUT2D eigenvalue weighted by molar-refractivity contribution is 6.02. The Kier molecular flexibility index (Phi) is 5.25. The van der Waals surface area contributed by atoms with E-state index in [4.69, 9.17) is 0 Å². The number of hydrogen-bond acceptors (Lipinski definition) is 2. The zero-order chi connectivity index (χ0) is 18.9. The summed E-state index contributed by atoms with van der Waals surface area (Å²) in [6, 6.07) is 8.29. The molecule has 0 saturated heterocycles. The lowest BCUT2D eigenvalue weighted by molar-refractivity contribution is -0.134. The van der Waals surface area contributed by atoms with E-state index in [1.54, 1.807) is 0 Å². The molecule has 3 aliphatic rings. The first kappa shape index (κ1) is 18.5. The molecular weight excluding hydrogens is 336 g/mol. The van der Waals surface area contributed by atoms with Gasteiger partial charge in [0.25, 0.3) is 5.91 Å². The molecule has 1 atom stereocenters. The second-order valence-corrected chi connectivity index (χ2v) is 8.88. The first-order valence-electron chi connectivity index (χ1n) is 10.8. The van der Waals surface area contributed by atoms with Crippen LogP contribution in [0.1, 0.15) is 87.1 Å². The summed E-state index contributed by atoms with van der Waals surface area (Å²) in [7, 11) is 0. The Morgan fingerprint density at radius 2 is 1.63 bits per heavy atom. The molecule has 0 bridgehead atoms. The SMILES string of the molecule is CC1(C(=O)NC2CCCCC2)Cc2ccccc2C(=O)N1C1CCCCC1. The number of carbonyl (C=O) groups excluding carboxylic acids is 2. The van der Waals surface area contributed by atoms with Crippen molar-refractivity contribution in [3.8, 4) is 0 Å². The molecule has 1 N–H and O–H groups in total. The first-order valence-corrected chi connectivity index (χ1v) is 10.8. The zero-order valence-corrected chi connectivity index (χ0v) is 16.5. The van der Waals surface area contributed by atoms with Gasteiger partial charge in [-0.3, -0.25) is 9.59 Å². The predicted octanol–water partition coefficient (Wildman–Crippen LogP) is 4.23. The third-order valence-electron chi connectivity index (χ3n) is 6.90. The van der Waals surface area contributed by atoms with Gasteiger partial charge in [0.2, 0.25) is 5.91 Å². The van der Waals surface area contributed by atoms with Crippen molar-refractivity contribution in [3.63, 3.8) is 0 Å². The van der Waals surface area contributed by atoms with Crippen LogP contribution in [0.2, 0.25) is 0 Å². The molecule has 146 valence electrons. The van der Waals surface area contributed by atoms with E-state index < -0.39 is 5.54 Å². The van der Waals surface area contributed by atoms with E-state index in [0.29, 0.717) is 6.42 Å². The number of hydrogen-bond donors (Lipinski definition) is 1. The van der Waals surface area contributed by atoms with Crippen LogP contribution in [0.15, 0.2) is 24.3 Å². The molecule has 27 heavy (non-hydrogen) atoms. The van der Waals surface area contributed by atoms with Crippen molar-refractivity contribution in [3.05, 3.63) is 35.4 Å². The van der Waals surface area contributed by atoms with Crippen molar-refractivity contribution >= 4 is 11.8 Å².